The van der Waals surface area contributed by atoms with Crippen molar-refractivity contribution in [1.29, 1.82) is 0 Å². The van der Waals surface area contributed by atoms with Crippen LogP contribution in [-0.2, 0) is 57.5 Å². The van der Waals surface area contributed by atoms with Crippen LogP contribution in [0.5, 0.6) is 0 Å². The molecule has 4 N–H and O–H groups in total. The first-order chi connectivity index (χ1) is 47.0. The maximum atomic E-state index is 10.1. The SMILES string of the molecule is CCC[N+](CCC)(CCC)CCC.CCC[N+](CCC)(CCC)CCC.CCC[N+](CCC)(CCC)CCC.O=C([O-])CC(O)(CC(=O)[O-])C(=O)[O-].O=C([O-])CC(O)(CC(=O)[O-])C(=O)[O-].O=C([O-])CC(O)(CC(=O)[O-])C(=O)[O-].O=C([O-])CC(O)(CC(=O)[O-])C(=O)[O-].O=[N+]([O-])[O-].O=[N+]([O-])[O-].O=[N+]([O-])[O-].[Sm+3].[Sm+3].[Sm+3].[Sm+3]. The molecule has 0 saturated carbocycles. The number of carboxylic acids is 12. The number of rotatable bonds is 44. The molecule has 0 atom stereocenters. The summed E-state index contributed by atoms with van der Waals surface area (Å²) in [5, 5.41) is 200. The van der Waals surface area contributed by atoms with E-state index >= 15 is 0 Å². The Hall–Kier alpha value is -3.69. The van der Waals surface area contributed by atoms with E-state index in [-0.39, 0.29) is 162 Å². The van der Waals surface area contributed by atoms with Crippen LogP contribution in [-0.4, -0.2) is 222 Å². The number of carbonyl (C=O) groups excluding carboxylic acids is 12. The summed E-state index contributed by atoms with van der Waals surface area (Å²) in [6.45, 7) is 44.4. The van der Waals surface area contributed by atoms with E-state index in [4.69, 9.17) is 66.4 Å². The van der Waals surface area contributed by atoms with E-state index in [0.29, 0.717) is 0 Å². The van der Waals surface area contributed by atoms with Crippen molar-refractivity contribution < 1.29 is 330 Å². The zero-order valence-corrected chi connectivity index (χ0v) is 72.7. The molecule has 0 rings (SSSR count). The van der Waals surface area contributed by atoms with E-state index in [1.807, 2.05) is 0 Å². The largest absolute Gasteiger partial charge is 3.00 e. The quantitative estimate of drug-likeness (QED) is 0.0250. The van der Waals surface area contributed by atoms with Gasteiger partial charge in [-0.3, -0.25) is 0 Å². The molecule has 0 saturated heterocycles. The van der Waals surface area contributed by atoms with Gasteiger partial charge in [0, 0.05) is 99.1 Å². The van der Waals surface area contributed by atoms with Gasteiger partial charge in [0.05, 0.1) is 118 Å². The van der Waals surface area contributed by atoms with Gasteiger partial charge in [-0.1, -0.05) is 83.1 Å². The Kier molecular flexibility index (Phi) is 100. The summed E-state index contributed by atoms with van der Waals surface area (Å²) in [5.74, 6) is -23.9. The van der Waals surface area contributed by atoms with Crippen LogP contribution in [0.2, 0.25) is 0 Å². The van der Waals surface area contributed by atoms with Crippen molar-refractivity contribution in [2.24, 2.45) is 0 Å². The molecule has 4 radical (unpaired) electrons. The summed E-state index contributed by atoms with van der Waals surface area (Å²) in [4.78, 5) is 145. The molecule has 620 valence electrons. The van der Waals surface area contributed by atoms with Crippen LogP contribution in [0.25, 0.3) is 0 Å². The van der Waals surface area contributed by atoms with Gasteiger partial charge in [0.15, 0.2) is 0 Å². The van der Waals surface area contributed by atoms with Crippen molar-refractivity contribution in [2.45, 2.75) is 234 Å². The van der Waals surface area contributed by atoms with Gasteiger partial charge in [0.2, 0.25) is 0 Å². The maximum Gasteiger partial charge on any atom is 3.00 e. The van der Waals surface area contributed by atoms with E-state index in [2.05, 4.69) is 83.1 Å². The van der Waals surface area contributed by atoms with Crippen LogP contribution in [0.4, 0.5) is 0 Å². The first-order valence-electron chi connectivity index (χ1n) is 32.4. The number of hydrogen-bond acceptors (Lipinski definition) is 37. The molecule has 0 aromatic heterocycles. The molecule has 0 aliphatic heterocycles. The zero-order valence-electron chi connectivity index (χ0n) is 62.2. The standard InChI is InChI=1S/3C12H28N.4C6H8O7.3NO3.4Sm/c3*1-5-9-13(10-6-2,11-7-3)12-8-4;4*7-3(8)1-6(13,5(11)12)2-4(9)10;3*2-1(3)4;;;;/h3*5-12H2,1-4H3;4*13H,1-2H2,(H,7,8)(H,9,10)(H,11,12);;;;;;;/q3*+1;;;;;3*-1;4*+3/p-12. The molecule has 43 nitrogen and oxygen atoms in total. The number of quaternary nitrogens is 3. The number of hydrogen-bond donors (Lipinski definition) is 4. The molecular formula is C60H104N6O37Sm4. The van der Waals surface area contributed by atoms with Gasteiger partial charge < -0.3 is 199 Å². The third kappa shape index (κ3) is 87.8. The Morgan fingerprint density at radius 3 is 0.327 bits per heavy atom. The summed E-state index contributed by atoms with van der Waals surface area (Å²) in [7, 11) is 0. The average molecular weight is 2100 g/mol. The van der Waals surface area contributed by atoms with E-state index in [9.17, 15) is 119 Å². The molecule has 0 bridgehead atoms. The maximum absolute atomic E-state index is 10.1. The first-order valence-corrected chi connectivity index (χ1v) is 32.4. The third-order valence-electron chi connectivity index (χ3n) is 13.4. The van der Waals surface area contributed by atoms with Crippen molar-refractivity contribution in [2.75, 3.05) is 78.5 Å². The van der Waals surface area contributed by atoms with Crippen molar-refractivity contribution >= 4 is 71.6 Å². The Morgan fingerprint density at radius 2 is 0.290 bits per heavy atom. The Balaban J connectivity index is -0.0000000760. The second-order valence-electron chi connectivity index (χ2n) is 23.0. The van der Waals surface area contributed by atoms with E-state index < -0.39 is 161 Å². The van der Waals surface area contributed by atoms with E-state index in [1.165, 1.54) is 169 Å². The van der Waals surface area contributed by atoms with Gasteiger partial charge in [-0.2, -0.15) is 0 Å². The van der Waals surface area contributed by atoms with Crippen LogP contribution in [0.1, 0.15) is 212 Å². The number of carboxylic acid groups (broad SMARTS) is 12. The molecule has 0 heterocycles. The van der Waals surface area contributed by atoms with Crippen LogP contribution >= 0.6 is 0 Å². The second kappa shape index (κ2) is 79.0. The number of aliphatic hydroxyl groups is 4. The van der Waals surface area contributed by atoms with Gasteiger partial charge in [-0.05, 0) is 77.0 Å². The number of carbonyl (C=O) groups is 12. The number of aliphatic carboxylic acids is 12. The summed E-state index contributed by atoms with van der Waals surface area (Å²) < 4.78 is 4.12. The van der Waals surface area contributed by atoms with Crippen LogP contribution in [0, 0.1) is 208 Å². The Bertz CT molecular complexity index is 2020. The van der Waals surface area contributed by atoms with Crippen LogP contribution in [0.3, 0.4) is 0 Å². The van der Waals surface area contributed by atoms with Gasteiger partial charge in [-0.15, -0.1) is 0 Å². The Labute approximate surface area is 751 Å². The molecule has 0 spiro atoms. The van der Waals surface area contributed by atoms with Crippen LogP contribution < -0.4 is 61.3 Å². The van der Waals surface area contributed by atoms with Gasteiger partial charge in [-0.25, -0.2) is 0 Å². The third-order valence-corrected chi connectivity index (χ3v) is 13.4. The number of nitrogens with zero attached hydrogens (tertiary/aromatic N) is 6. The summed E-state index contributed by atoms with van der Waals surface area (Å²) in [6.07, 6.45) is 5.14. The normalized spacial score (nSPS) is 10.3. The summed E-state index contributed by atoms with van der Waals surface area (Å²) >= 11 is 0. The fourth-order valence-electron chi connectivity index (χ4n) is 10.4. The molecular weight excluding hydrogens is 2000 g/mol. The molecule has 47 heteroatoms. The van der Waals surface area contributed by atoms with Gasteiger partial charge >= 0.3 is 162 Å². The van der Waals surface area contributed by atoms with Gasteiger partial charge in [0.25, 0.3) is 0 Å². The molecule has 107 heavy (non-hydrogen) atoms. The van der Waals surface area contributed by atoms with Crippen molar-refractivity contribution in [3.63, 3.8) is 0 Å². The monoisotopic (exact) mass is 2110 g/mol. The van der Waals surface area contributed by atoms with Crippen molar-refractivity contribution in [3.05, 3.63) is 46.0 Å². The van der Waals surface area contributed by atoms with Crippen molar-refractivity contribution in [1.82, 2.24) is 0 Å². The smallest absolute Gasteiger partial charge is 0.550 e. The predicted molar refractivity (Wildman–Crippen MR) is 331 cm³/mol. The molecule has 0 aromatic rings. The van der Waals surface area contributed by atoms with Crippen LogP contribution in [0.15, 0.2) is 0 Å². The fraction of sp³-hybridized carbons (Fsp3) is 0.800. The summed E-state index contributed by atoms with van der Waals surface area (Å²) in [6, 6.07) is 0. The second-order valence-corrected chi connectivity index (χ2v) is 23.0. The first kappa shape index (κ1) is 136. The molecule has 0 aliphatic rings. The Morgan fingerprint density at radius 1 is 0.224 bits per heavy atom. The molecule has 0 amide bonds. The molecule has 0 aromatic carbocycles. The minimum Gasteiger partial charge on any atom is -0.550 e. The average Bonchev–Trinajstić information content (AvgIpc) is 0.889. The summed E-state index contributed by atoms with van der Waals surface area (Å²) in [5.41, 5.74) is -11.9. The minimum atomic E-state index is -2.97. The topological polar surface area (TPSA) is 761 Å². The minimum absolute atomic E-state index is 0. The van der Waals surface area contributed by atoms with Gasteiger partial charge in [0.1, 0.15) is 22.4 Å². The van der Waals surface area contributed by atoms with Crippen molar-refractivity contribution in [3.8, 4) is 0 Å². The molecule has 0 aliphatic carbocycles. The zero-order chi connectivity index (χ0) is 83.8. The van der Waals surface area contributed by atoms with E-state index in [1.54, 1.807) is 0 Å². The van der Waals surface area contributed by atoms with E-state index in [0.717, 1.165) is 0 Å². The predicted octanol–water partition coefficient (Wildman–Crippen LogP) is -11.4. The molecule has 0 unspecified atom stereocenters. The molecule has 0 fully saturated rings. The fourth-order valence-corrected chi connectivity index (χ4v) is 10.4.